The molecule has 0 spiro atoms. The van der Waals surface area contributed by atoms with E-state index in [4.69, 9.17) is 16.3 Å². The Kier molecular flexibility index (Phi) is 5.07. The number of hydrogen-bond acceptors (Lipinski definition) is 5. The van der Waals surface area contributed by atoms with Gasteiger partial charge in [-0.2, -0.15) is 0 Å². The van der Waals surface area contributed by atoms with E-state index in [9.17, 15) is 23.5 Å². The summed E-state index contributed by atoms with van der Waals surface area (Å²) in [6, 6.07) is 5.08. The van der Waals surface area contributed by atoms with Gasteiger partial charge in [0.1, 0.15) is 17.4 Å². The van der Waals surface area contributed by atoms with Crippen molar-refractivity contribution in [1.29, 1.82) is 0 Å². The number of ether oxygens (including phenoxy) is 1. The van der Waals surface area contributed by atoms with Gasteiger partial charge in [-0.05, 0) is 30.2 Å². The fraction of sp³-hybridized carbons (Fsp3) is 0.286. The normalized spacial score (nSPS) is 18.8. The number of pyridine rings is 2. The minimum Gasteiger partial charge on any atom is -0.460 e. The number of esters is 1. The average Bonchev–Trinajstić information content (AvgIpc) is 2.83. The second kappa shape index (κ2) is 7.45. The number of nitrogens with zero attached hydrogens (tertiary/aromatic N) is 2. The molecule has 1 aliphatic heterocycles. The lowest BCUT2D eigenvalue weighted by atomic mass is 9.86. The highest BCUT2D eigenvalue weighted by Crippen LogP contribution is 2.33. The van der Waals surface area contributed by atoms with E-state index in [-0.39, 0.29) is 42.2 Å². The number of aliphatic hydroxyl groups is 1. The Hall–Kier alpha value is -2.84. The topological polar surface area (TPSA) is 81.4 Å². The predicted octanol–water partition coefficient (Wildman–Crippen LogP) is 3.42. The van der Waals surface area contributed by atoms with Gasteiger partial charge in [0.15, 0.2) is 11.6 Å². The molecule has 9 heteroatoms. The molecule has 1 unspecified atom stereocenters. The van der Waals surface area contributed by atoms with Crippen LogP contribution in [-0.2, 0) is 28.3 Å². The van der Waals surface area contributed by atoms with Crippen molar-refractivity contribution >= 4 is 28.5 Å². The van der Waals surface area contributed by atoms with E-state index in [0.717, 1.165) is 12.1 Å². The first-order chi connectivity index (χ1) is 14.2. The molecule has 2 aromatic heterocycles. The Morgan fingerprint density at radius 3 is 2.73 bits per heavy atom. The summed E-state index contributed by atoms with van der Waals surface area (Å²) in [5.74, 6) is -2.63. The standard InChI is InChI=1S/C21H17ClF2N2O4/c1-2-21(29)8-18(27)30-10-13-14(21)3-4-26(20(13)28)9-12-5-11-6-15(23)16(24)7-17(11)25-19(12)22/h3-7,29H,2,8-10H2,1H3. The Labute approximate surface area is 174 Å². The van der Waals surface area contributed by atoms with Gasteiger partial charge in [0, 0.05) is 23.2 Å². The smallest absolute Gasteiger partial charge is 0.309 e. The molecular weight excluding hydrogens is 418 g/mol. The molecule has 4 rings (SSSR count). The van der Waals surface area contributed by atoms with E-state index >= 15 is 0 Å². The van der Waals surface area contributed by atoms with Gasteiger partial charge in [-0.3, -0.25) is 9.59 Å². The van der Waals surface area contributed by atoms with Crippen LogP contribution in [0.1, 0.15) is 36.5 Å². The summed E-state index contributed by atoms with van der Waals surface area (Å²) in [7, 11) is 0. The second-order valence-electron chi connectivity index (χ2n) is 7.26. The van der Waals surface area contributed by atoms with Gasteiger partial charge in [-0.25, -0.2) is 13.8 Å². The van der Waals surface area contributed by atoms with Crippen LogP contribution < -0.4 is 5.56 Å². The van der Waals surface area contributed by atoms with Crippen molar-refractivity contribution < 1.29 is 23.4 Å². The van der Waals surface area contributed by atoms with Crippen LogP contribution in [0, 0.1) is 11.6 Å². The van der Waals surface area contributed by atoms with Crippen molar-refractivity contribution in [1.82, 2.24) is 9.55 Å². The maximum Gasteiger partial charge on any atom is 0.309 e. The molecule has 0 aliphatic carbocycles. The number of carbonyl (C=O) groups excluding carboxylic acids is 1. The van der Waals surface area contributed by atoms with Crippen molar-refractivity contribution in [3.63, 3.8) is 0 Å². The monoisotopic (exact) mass is 434 g/mol. The molecule has 3 heterocycles. The molecule has 0 radical (unpaired) electrons. The molecule has 156 valence electrons. The zero-order valence-electron chi connectivity index (χ0n) is 15.9. The minimum absolute atomic E-state index is 0.00534. The lowest BCUT2D eigenvalue weighted by Crippen LogP contribution is -2.32. The van der Waals surface area contributed by atoms with Crippen LogP contribution in [0.3, 0.4) is 0 Å². The molecule has 0 fully saturated rings. The lowest BCUT2D eigenvalue weighted by molar-refractivity contribution is -0.149. The van der Waals surface area contributed by atoms with Gasteiger partial charge in [0.2, 0.25) is 0 Å². The Morgan fingerprint density at radius 2 is 2.00 bits per heavy atom. The summed E-state index contributed by atoms with van der Waals surface area (Å²) in [6.45, 7) is 1.48. The highest BCUT2D eigenvalue weighted by molar-refractivity contribution is 6.30. The van der Waals surface area contributed by atoms with Crippen LogP contribution in [0.25, 0.3) is 10.9 Å². The van der Waals surface area contributed by atoms with Crippen LogP contribution in [0.4, 0.5) is 8.78 Å². The fourth-order valence-electron chi connectivity index (χ4n) is 3.66. The summed E-state index contributed by atoms with van der Waals surface area (Å²) in [5.41, 5.74) is -0.769. The SMILES string of the molecule is CCC1(O)CC(=O)OCc2c1ccn(Cc1cc3cc(F)c(F)cc3nc1Cl)c2=O. The molecule has 0 bridgehead atoms. The summed E-state index contributed by atoms with van der Waals surface area (Å²) < 4.78 is 33.4. The van der Waals surface area contributed by atoms with Crippen LogP contribution in [0.5, 0.6) is 0 Å². The highest BCUT2D eigenvalue weighted by atomic mass is 35.5. The Bertz CT molecular complexity index is 1240. The number of halogens is 3. The van der Waals surface area contributed by atoms with Crippen LogP contribution in [-0.4, -0.2) is 20.6 Å². The number of carbonyl (C=O) groups is 1. The van der Waals surface area contributed by atoms with E-state index in [1.807, 2.05) is 0 Å². The van der Waals surface area contributed by atoms with Gasteiger partial charge in [-0.15, -0.1) is 0 Å². The van der Waals surface area contributed by atoms with E-state index < -0.39 is 28.8 Å². The fourth-order valence-corrected chi connectivity index (χ4v) is 3.86. The third-order valence-corrected chi connectivity index (χ3v) is 5.72. The molecule has 1 aliphatic rings. The molecular formula is C21H17ClF2N2O4. The molecule has 1 aromatic carbocycles. The molecule has 1 N–H and O–H groups in total. The summed E-state index contributed by atoms with van der Waals surface area (Å²) in [5, 5.41) is 11.2. The summed E-state index contributed by atoms with van der Waals surface area (Å²) in [6.07, 6.45) is 1.49. The number of hydrogen-bond donors (Lipinski definition) is 1. The third kappa shape index (κ3) is 3.46. The lowest BCUT2D eigenvalue weighted by Gasteiger charge is -2.25. The maximum absolute atomic E-state index is 13.6. The quantitative estimate of drug-likeness (QED) is 0.504. The number of rotatable bonds is 3. The maximum atomic E-state index is 13.6. The number of benzene rings is 1. The Balaban J connectivity index is 1.78. The second-order valence-corrected chi connectivity index (χ2v) is 7.62. The molecule has 0 amide bonds. The van der Waals surface area contributed by atoms with E-state index in [2.05, 4.69) is 4.98 Å². The summed E-state index contributed by atoms with van der Waals surface area (Å²) >= 11 is 6.20. The van der Waals surface area contributed by atoms with Gasteiger partial charge < -0.3 is 14.4 Å². The molecule has 0 saturated heterocycles. The molecule has 1 atom stereocenters. The van der Waals surface area contributed by atoms with Crippen molar-refractivity contribution in [2.24, 2.45) is 0 Å². The van der Waals surface area contributed by atoms with Crippen LogP contribution in [0.2, 0.25) is 5.15 Å². The average molecular weight is 435 g/mol. The van der Waals surface area contributed by atoms with Gasteiger partial charge >= 0.3 is 5.97 Å². The summed E-state index contributed by atoms with van der Waals surface area (Å²) in [4.78, 5) is 29.0. The van der Waals surface area contributed by atoms with E-state index in [0.29, 0.717) is 16.5 Å². The van der Waals surface area contributed by atoms with E-state index in [1.54, 1.807) is 13.0 Å². The molecule has 6 nitrogen and oxygen atoms in total. The highest BCUT2D eigenvalue weighted by Gasteiger charge is 2.37. The first-order valence-corrected chi connectivity index (χ1v) is 9.64. The Morgan fingerprint density at radius 1 is 1.27 bits per heavy atom. The van der Waals surface area contributed by atoms with Gasteiger partial charge in [0.05, 0.1) is 24.0 Å². The molecule has 3 aromatic rings. The molecule has 0 saturated carbocycles. The van der Waals surface area contributed by atoms with Crippen molar-refractivity contribution in [3.8, 4) is 0 Å². The van der Waals surface area contributed by atoms with Gasteiger partial charge in [0.25, 0.3) is 5.56 Å². The zero-order valence-corrected chi connectivity index (χ0v) is 16.7. The largest absolute Gasteiger partial charge is 0.460 e. The first kappa shape index (κ1) is 20.4. The van der Waals surface area contributed by atoms with Crippen molar-refractivity contribution in [3.05, 3.63) is 74.3 Å². The van der Waals surface area contributed by atoms with Crippen LogP contribution >= 0.6 is 11.6 Å². The number of aromatic nitrogens is 2. The van der Waals surface area contributed by atoms with Crippen molar-refractivity contribution in [2.75, 3.05) is 0 Å². The predicted molar refractivity (Wildman–Crippen MR) is 105 cm³/mol. The first-order valence-electron chi connectivity index (χ1n) is 9.27. The number of fused-ring (bicyclic) bond motifs is 2. The zero-order chi connectivity index (χ0) is 21.6. The molecule has 30 heavy (non-hydrogen) atoms. The minimum atomic E-state index is -1.48. The third-order valence-electron chi connectivity index (χ3n) is 5.39. The van der Waals surface area contributed by atoms with Crippen molar-refractivity contribution in [2.45, 2.75) is 38.5 Å². The van der Waals surface area contributed by atoms with E-state index in [1.165, 1.54) is 16.8 Å². The van der Waals surface area contributed by atoms with Gasteiger partial charge in [-0.1, -0.05) is 18.5 Å². The van der Waals surface area contributed by atoms with Crippen LogP contribution in [0.15, 0.2) is 35.3 Å². The number of cyclic esters (lactones) is 1.